The molecule has 3 nitrogen and oxygen atoms in total. The third kappa shape index (κ3) is 4.53. The zero-order chi connectivity index (χ0) is 27.9. The number of hydrogen-bond donors (Lipinski definition) is 0. The number of fused-ring (bicyclic) bond motifs is 7. The average Bonchev–Trinajstić information content (AvgIpc) is 3.22. The molecule has 42 heavy (non-hydrogen) atoms. The van der Waals surface area contributed by atoms with E-state index in [0.29, 0.717) is 0 Å². The van der Waals surface area contributed by atoms with Crippen molar-refractivity contribution in [1.82, 2.24) is 0 Å². The lowest BCUT2D eigenvalue weighted by Gasteiger charge is -2.20. The Balaban J connectivity index is 1.40. The topological polar surface area (TPSA) is 35.5 Å². The number of benzene rings is 5. The van der Waals surface area contributed by atoms with Crippen molar-refractivity contribution in [3.05, 3.63) is 125 Å². The summed E-state index contributed by atoms with van der Waals surface area (Å²) in [5, 5.41) is 2.49. The van der Waals surface area contributed by atoms with Crippen LogP contribution in [0.15, 0.2) is 112 Å². The normalized spacial score (nSPS) is 14.4. The summed E-state index contributed by atoms with van der Waals surface area (Å²) in [6.07, 6.45) is 9.34. The molecule has 0 fully saturated rings. The highest BCUT2D eigenvalue weighted by Crippen LogP contribution is 2.47. The summed E-state index contributed by atoms with van der Waals surface area (Å²) in [7, 11) is -1.79. The number of rotatable bonds is 4. The second-order valence-electron chi connectivity index (χ2n) is 11.5. The minimum atomic E-state index is -1.79. The largest absolute Gasteiger partial charge is 0.453 e. The summed E-state index contributed by atoms with van der Waals surface area (Å²) in [6, 6.07) is 36.1. The van der Waals surface area contributed by atoms with E-state index in [2.05, 4.69) is 91.0 Å². The van der Waals surface area contributed by atoms with E-state index in [1.165, 1.54) is 58.7 Å². The SMILES string of the molecule is c1ccc(-c2cccc(-c3ccccc3)c2Op2oc3ccc4c(c3c3c5c(ccc3o2)CCCC5)CCCC4)cc1. The zero-order valence-electron chi connectivity index (χ0n) is 23.6. The van der Waals surface area contributed by atoms with Gasteiger partial charge >= 0.3 is 8.24 Å². The second kappa shape index (κ2) is 10.9. The summed E-state index contributed by atoms with van der Waals surface area (Å²) >= 11 is 0. The maximum absolute atomic E-state index is 6.93. The van der Waals surface area contributed by atoms with E-state index in [9.17, 15) is 0 Å². The first-order valence-electron chi connectivity index (χ1n) is 15.2. The van der Waals surface area contributed by atoms with Crippen LogP contribution in [0.3, 0.4) is 0 Å². The fraction of sp³-hybridized carbons (Fsp3) is 0.211. The predicted molar refractivity (Wildman–Crippen MR) is 173 cm³/mol. The molecule has 1 heterocycles. The lowest BCUT2D eigenvalue weighted by Crippen LogP contribution is -2.05. The number of para-hydroxylation sites is 1. The summed E-state index contributed by atoms with van der Waals surface area (Å²) < 4.78 is 20.5. The van der Waals surface area contributed by atoms with Gasteiger partial charge in [0.1, 0.15) is 11.2 Å². The molecule has 0 unspecified atom stereocenters. The lowest BCUT2D eigenvalue weighted by molar-refractivity contribution is 0.500. The van der Waals surface area contributed by atoms with E-state index in [1.54, 1.807) is 0 Å². The van der Waals surface area contributed by atoms with Crippen LogP contribution in [0, 0.1) is 0 Å². The van der Waals surface area contributed by atoms with E-state index in [-0.39, 0.29) is 0 Å². The first kappa shape index (κ1) is 25.5. The van der Waals surface area contributed by atoms with Gasteiger partial charge in [-0.15, -0.1) is 0 Å². The molecule has 0 N–H and O–H groups in total. The Morgan fingerprint density at radius 2 is 0.952 bits per heavy atom. The molecular formula is C38H33O3P. The fourth-order valence-electron chi connectivity index (χ4n) is 6.93. The monoisotopic (exact) mass is 568 g/mol. The maximum Gasteiger partial charge on any atom is 0.453 e. The molecule has 1 aromatic heterocycles. The van der Waals surface area contributed by atoms with Crippen molar-refractivity contribution < 1.29 is 12.9 Å². The Bertz CT molecular complexity index is 1820. The summed E-state index contributed by atoms with van der Waals surface area (Å²) in [4.78, 5) is 0. The maximum atomic E-state index is 6.93. The van der Waals surface area contributed by atoms with E-state index in [4.69, 9.17) is 12.9 Å². The summed E-state index contributed by atoms with van der Waals surface area (Å²) in [6.45, 7) is 0. The fourth-order valence-corrected chi connectivity index (χ4v) is 8.01. The van der Waals surface area contributed by atoms with Gasteiger partial charge in [-0.2, -0.15) is 0 Å². The minimum Gasteiger partial charge on any atom is -0.390 e. The molecule has 4 heteroatoms. The number of aryl methyl sites for hydroxylation is 4. The number of hydrogen-bond acceptors (Lipinski definition) is 3. The van der Waals surface area contributed by atoms with E-state index < -0.39 is 8.24 Å². The van der Waals surface area contributed by atoms with E-state index in [1.807, 2.05) is 12.1 Å². The highest BCUT2D eigenvalue weighted by Gasteiger charge is 2.23. The van der Waals surface area contributed by atoms with Crippen molar-refractivity contribution in [1.29, 1.82) is 0 Å². The highest BCUT2D eigenvalue weighted by molar-refractivity contribution is 7.32. The van der Waals surface area contributed by atoms with Gasteiger partial charge in [-0.25, -0.2) is 0 Å². The smallest absolute Gasteiger partial charge is 0.390 e. The van der Waals surface area contributed by atoms with Gasteiger partial charge in [-0.05, 0) is 96.9 Å². The van der Waals surface area contributed by atoms with Gasteiger partial charge in [0, 0.05) is 21.9 Å². The van der Waals surface area contributed by atoms with Crippen molar-refractivity contribution in [2.75, 3.05) is 0 Å². The van der Waals surface area contributed by atoms with Gasteiger partial charge in [-0.1, -0.05) is 91.0 Å². The molecule has 0 atom stereocenters. The zero-order valence-corrected chi connectivity index (χ0v) is 24.5. The third-order valence-corrected chi connectivity index (χ3v) is 9.96. The molecule has 2 aliphatic carbocycles. The van der Waals surface area contributed by atoms with Crippen LogP contribution in [0.5, 0.6) is 5.75 Å². The molecule has 0 bridgehead atoms. The van der Waals surface area contributed by atoms with Gasteiger partial charge in [0.2, 0.25) is 0 Å². The van der Waals surface area contributed by atoms with E-state index in [0.717, 1.165) is 64.9 Å². The van der Waals surface area contributed by atoms with Crippen LogP contribution in [0.4, 0.5) is 0 Å². The molecule has 0 radical (unpaired) electrons. The van der Waals surface area contributed by atoms with Crippen molar-refractivity contribution in [3.8, 4) is 28.0 Å². The molecule has 2 aliphatic rings. The van der Waals surface area contributed by atoms with Crippen LogP contribution in [0.25, 0.3) is 44.2 Å². The Hall–Kier alpha value is -4.20. The predicted octanol–water partition coefficient (Wildman–Crippen LogP) is 11.2. The van der Waals surface area contributed by atoms with Crippen molar-refractivity contribution in [2.45, 2.75) is 51.4 Å². The van der Waals surface area contributed by atoms with Crippen LogP contribution in [-0.2, 0) is 25.7 Å². The third-order valence-electron chi connectivity index (χ3n) is 8.94. The molecule has 0 amide bonds. The second-order valence-corrected chi connectivity index (χ2v) is 12.5. The van der Waals surface area contributed by atoms with Crippen LogP contribution >= 0.6 is 8.24 Å². The Morgan fingerprint density at radius 1 is 0.476 bits per heavy atom. The van der Waals surface area contributed by atoms with Gasteiger partial charge in [0.15, 0.2) is 5.75 Å². The quantitative estimate of drug-likeness (QED) is 0.212. The van der Waals surface area contributed by atoms with Gasteiger partial charge < -0.3 is 12.9 Å². The molecule has 208 valence electrons. The molecule has 0 aliphatic heterocycles. The van der Waals surface area contributed by atoms with Gasteiger partial charge in [-0.3, -0.25) is 0 Å². The van der Waals surface area contributed by atoms with Gasteiger partial charge in [0.25, 0.3) is 0 Å². The molecule has 6 aromatic rings. The first-order valence-corrected chi connectivity index (χ1v) is 16.3. The van der Waals surface area contributed by atoms with Gasteiger partial charge in [0.05, 0.1) is 0 Å². The Kier molecular flexibility index (Phi) is 6.62. The summed E-state index contributed by atoms with van der Waals surface area (Å²) in [5.41, 5.74) is 11.8. The summed E-state index contributed by atoms with van der Waals surface area (Å²) in [5.74, 6) is 0.780. The molecule has 5 aromatic carbocycles. The molecular weight excluding hydrogens is 535 g/mol. The Labute approximate surface area is 247 Å². The van der Waals surface area contributed by atoms with Crippen LogP contribution in [0.2, 0.25) is 0 Å². The van der Waals surface area contributed by atoms with Crippen LogP contribution in [0.1, 0.15) is 47.9 Å². The molecule has 8 rings (SSSR count). The van der Waals surface area contributed by atoms with Crippen molar-refractivity contribution in [2.24, 2.45) is 0 Å². The van der Waals surface area contributed by atoms with E-state index >= 15 is 0 Å². The highest BCUT2D eigenvalue weighted by atomic mass is 31.1. The molecule has 0 saturated heterocycles. The molecule has 0 spiro atoms. The van der Waals surface area contributed by atoms with Crippen LogP contribution < -0.4 is 4.52 Å². The van der Waals surface area contributed by atoms with Crippen molar-refractivity contribution >= 4 is 30.2 Å². The first-order chi connectivity index (χ1) is 20.8. The average molecular weight is 569 g/mol. The van der Waals surface area contributed by atoms with Crippen molar-refractivity contribution in [3.63, 3.8) is 0 Å². The molecule has 0 saturated carbocycles. The Morgan fingerprint density at radius 3 is 1.45 bits per heavy atom. The lowest BCUT2D eigenvalue weighted by atomic mass is 9.84. The van der Waals surface area contributed by atoms with Crippen LogP contribution in [-0.4, -0.2) is 0 Å². The minimum absolute atomic E-state index is 0.780. The standard InChI is InChI=1S/C38H33O3P/c1-3-12-26(13-4-1)32-20-11-21-33(27-14-5-2-6-15-27)38(32)41-42-39-34-24-22-28-16-7-9-18-30(28)36(34)37-31-19-10-8-17-29(31)23-25-35(37)40-42/h1-6,11-15,20-25H,7-10,16-19H2.